The topological polar surface area (TPSA) is 50.4 Å². The van der Waals surface area contributed by atoms with Crippen LogP contribution >= 0.6 is 39.9 Å². The van der Waals surface area contributed by atoms with Gasteiger partial charge in [-0.3, -0.25) is 4.79 Å². The number of benzene rings is 1. The summed E-state index contributed by atoms with van der Waals surface area (Å²) in [4.78, 5) is 12.6. The molecule has 2 rings (SSSR count). The smallest absolute Gasteiger partial charge is 0.233 e. The number of methoxy groups -OCH3 is 1. The van der Waals surface area contributed by atoms with Crippen LogP contribution in [-0.4, -0.2) is 32.7 Å². The number of anilines is 1. The van der Waals surface area contributed by atoms with Crippen molar-refractivity contribution < 1.29 is 9.53 Å². The lowest BCUT2D eigenvalue weighted by Gasteiger charge is -2.35. The number of nitrogens with one attached hydrogen (secondary N) is 2. The van der Waals surface area contributed by atoms with Crippen molar-refractivity contribution in [2.75, 3.05) is 32.1 Å². The van der Waals surface area contributed by atoms with Gasteiger partial charge in [-0.1, -0.05) is 11.6 Å². The summed E-state index contributed by atoms with van der Waals surface area (Å²) in [5, 5.41) is 6.86. The van der Waals surface area contributed by atoms with Gasteiger partial charge < -0.3 is 15.4 Å². The first-order valence-electron chi connectivity index (χ1n) is 6.53. The van der Waals surface area contributed by atoms with Crippen molar-refractivity contribution in [1.82, 2.24) is 5.32 Å². The van der Waals surface area contributed by atoms with E-state index in [0.29, 0.717) is 11.6 Å². The number of carbonyl (C=O) groups excluding carboxylic acids is 1. The van der Waals surface area contributed by atoms with Crippen LogP contribution in [0, 0.1) is 5.41 Å². The zero-order valence-electron chi connectivity index (χ0n) is 11.7. The summed E-state index contributed by atoms with van der Waals surface area (Å²) >= 11 is 9.31. The highest BCUT2D eigenvalue weighted by atomic mass is 79.9. The van der Waals surface area contributed by atoms with Gasteiger partial charge in [0, 0.05) is 17.3 Å². The molecule has 7 heteroatoms. The van der Waals surface area contributed by atoms with Crippen LogP contribution in [0.15, 0.2) is 22.7 Å². The molecular weight excluding hydrogens is 379 g/mol. The standard InChI is InChI=1S/C14H18BrClN2O2.ClH/c1-20-9-14(4-6-17-7-5-14)13(19)18-10-2-3-12(16)11(15)8-10;/h2-3,8,17H,4-7,9H2,1H3,(H,18,19);1H. The maximum absolute atomic E-state index is 12.6. The predicted octanol–water partition coefficient (Wildman–Crippen LogP) is 3.48. The van der Waals surface area contributed by atoms with E-state index in [1.54, 1.807) is 19.2 Å². The second-order valence-corrected chi connectivity index (χ2v) is 6.31. The normalized spacial score (nSPS) is 16.9. The predicted molar refractivity (Wildman–Crippen MR) is 91.4 cm³/mol. The Morgan fingerprint density at radius 1 is 1.48 bits per heavy atom. The average molecular weight is 398 g/mol. The highest BCUT2D eigenvalue weighted by Crippen LogP contribution is 2.32. The molecule has 0 atom stereocenters. The first-order valence-corrected chi connectivity index (χ1v) is 7.71. The number of halogens is 3. The molecule has 21 heavy (non-hydrogen) atoms. The number of rotatable bonds is 4. The summed E-state index contributed by atoms with van der Waals surface area (Å²) in [7, 11) is 1.63. The van der Waals surface area contributed by atoms with Crippen LogP contribution in [-0.2, 0) is 9.53 Å². The molecule has 1 aliphatic rings. The minimum Gasteiger partial charge on any atom is -0.384 e. The number of amides is 1. The SMILES string of the molecule is COCC1(C(=O)Nc2ccc(Cl)c(Br)c2)CCNCC1.Cl. The number of piperidine rings is 1. The molecule has 0 aliphatic carbocycles. The van der Waals surface area contributed by atoms with E-state index in [0.717, 1.165) is 36.1 Å². The van der Waals surface area contributed by atoms with Crippen molar-refractivity contribution in [2.45, 2.75) is 12.8 Å². The quantitative estimate of drug-likeness (QED) is 0.817. The Morgan fingerprint density at radius 2 is 2.14 bits per heavy atom. The van der Waals surface area contributed by atoms with Crippen molar-refractivity contribution in [3.05, 3.63) is 27.7 Å². The van der Waals surface area contributed by atoms with Gasteiger partial charge in [0.2, 0.25) is 5.91 Å². The number of carbonyl (C=O) groups is 1. The Hall–Kier alpha value is -0.330. The molecule has 0 aromatic heterocycles. The number of hydrogen-bond acceptors (Lipinski definition) is 3. The van der Waals surface area contributed by atoms with E-state index in [2.05, 4.69) is 26.6 Å². The molecule has 1 saturated heterocycles. The van der Waals surface area contributed by atoms with Gasteiger partial charge in [0.1, 0.15) is 0 Å². The van der Waals surface area contributed by atoms with Crippen LogP contribution in [0.4, 0.5) is 5.69 Å². The lowest BCUT2D eigenvalue weighted by Crippen LogP contribution is -2.47. The third-order valence-electron chi connectivity index (χ3n) is 3.64. The van der Waals surface area contributed by atoms with Crippen LogP contribution in [0.25, 0.3) is 0 Å². The summed E-state index contributed by atoms with van der Waals surface area (Å²) in [5.41, 5.74) is 0.284. The summed E-state index contributed by atoms with van der Waals surface area (Å²) in [6, 6.07) is 5.36. The zero-order valence-corrected chi connectivity index (χ0v) is 14.9. The van der Waals surface area contributed by atoms with Crippen molar-refractivity contribution >= 4 is 51.5 Å². The van der Waals surface area contributed by atoms with Crippen LogP contribution in [0.1, 0.15) is 12.8 Å². The summed E-state index contributed by atoms with van der Waals surface area (Å²) < 4.78 is 6.03. The van der Waals surface area contributed by atoms with E-state index in [1.807, 2.05) is 6.07 Å². The summed E-state index contributed by atoms with van der Waals surface area (Å²) in [6.07, 6.45) is 1.56. The Morgan fingerprint density at radius 3 is 2.71 bits per heavy atom. The number of ether oxygens (including phenoxy) is 1. The van der Waals surface area contributed by atoms with E-state index < -0.39 is 5.41 Å². The van der Waals surface area contributed by atoms with Gasteiger partial charge in [-0.25, -0.2) is 0 Å². The van der Waals surface area contributed by atoms with E-state index in [-0.39, 0.29) is 18.3 Å². The van der Waals surface area contributed by atoms with E-state index in [1.165, 1.54) is 0 Å². The molecule has 1 fully saturated rings. The summed E-state index contributed by atoms with van der Waals surface area (Å²) in [6.45, 7) is 2.11. The maximum Gasteiger partial charge on any atom is 0.233 e. The fourth-order valence-electron chi connectivity index (χ4n) is 2.46. The van der Waals surface area contributed by atoms with Gasteiger partial charge in [-0.15, -0.1) is 12.4 Å². The monoisotopic (exact) mass is 396 g/mol. The second-order valence-electron chi connectivity index (χ2n) is 5.05. The van der Waals surface area contributed by atoms with Gasteiger partial charge >= 0.3 is 0 Å². The molecule has 0 saturated carbocycles. The first kappa shape index (κ1) is 18.7. The fourth-order valence-corrected chi connectivity index (χ4v) is 2.95. The minimum absolute atomic E-state index is 0. The third-order valence-corrected chi connectivity index (χ3v) is 4.85. The molecule has 1 aromatic carbocycles. The summed E-state index contributed by atoms with van der Waals surface area (Å²) in [5.74, 6) is 0.00933. The Bertz CT molecular complexity index is 488. The molecule has 1 aliphatic heterocycles. The zero-order chi connectivity index (χ0) is 14.6. The molecule has 0 spiro atoms. The second kappa shape index (κ2) is 8.34. The van der Waals surface area contributed by atoms with Gasteiger partial charge in [-0.05, 0) is 60.1 Å². The highest BCUT2D eigenvalue weighted by molar-refractivity contribution is 9.10. The van der Waals surface area contributed by atoms with Crippen molar-refractivity contribution in [3.8, 4) is 0 Å². The van der Waals surface area contributed by atoms with Gasteiger partial charge in [0.05, 0.1) is 17.0 Å². The van der Waals surface area contributed by atoms with Crippen molar-refractivity contribution in [1.29, 1.82) is 0 Å². The average Bonchev–Trinajstić information content (AvgIpc) is 2.44. The van der Waals surface area contributed by atoms with Crippen LogP contribution in [0.5, 0.6) is 0 Å². The largest absolute Gasteiger partial charge is 0.384 e. The Kier molecular flexibility index (Phi) is 7.44. The number of hydrogen-bond donors (Lipinski definition) is 2. The first-order chi connectivity index (χ1) is 9.57. The third kappa shape index (κ3) is 4.57. The van der Waals surface area contributed by atoms with Crippen LogP contribution < -0.4 is 10.6 Å². The molecule has 1 heterocycles. The molecule has 2 N–H and O–H groups in total. The Balaban J connectivity index is 0.00000220. The lowest BCUT2D eigenvalue weighted by molar-refractivity contribution is -0.130. The van der Waals surface area contributed by atoms with E-state index in [9.17, 15) is 4.79 Å². The fraction of sp³-hybridized carbons (Fsp3) is 0.500. The molecular formula is C14H19BrCl2N2O2. The van der Waals surface area contributed by atoms with Crippen LogP contribution in [0.2, 0.25) is 5.02 Å². The minimum atomic E-state index is -0.452. The van der Waals surface area contributed by atoms with Gasteiger partial charge in [0.25, 0.3) is 0 Å². The van der Waals surface area contributed by atoms with E-state index >= 15 is 0 Å². The van der Waals surface area contributed by atoms with Crippen molar-refractivity contribution in [2.24, 2.45) is 5.41 Å². The lowest BCUT2D eigenvalue weighted by atomic mass is 9.78. The van der Waals surface area contributed by atoms with Crippen molar-refractivity contribution in [3.63, 3.8) is 0 Å². The maximum atomic E-state index is 12.6. The molecule has 0 unspecified atom stereocenters. The highest BCUT2D eigenvalue weighted by Gasteiger charge is 2.39. The van der Waals surface area contributed by atoms with Gasteiger partial charge in [0.15, 0.2) is 0 Å². The Labute approximate surface area is 144 Å². The molecule has 4 nitrogen and oxygen atoms in total. The van der Waals surface area contributed by atoms with Gasteiger partial charge in [-0.2, -0.15) is 0 Å². The molecule has 118 valence electrons. The molecule has 1 amide bonds. The molecule has 0 radical (unpaired) electrons. The molecule has 1 aromatic rings. The van der Waals surface area contributed by atoms with E-state index in [4.69, 9.17) is 16.3 Å². The van der Waals surface area contributed by atoms with Crippen LogP contribution in [0.3, 0.4) is 0 Å². The molecule has 0 bridgehead atoms.